The van der Waals surface area contributed by atoms with Gasteiger partial charge in [-0.1, -0.05) is 12.1 Å². The van der Waals surface area contributed by atoms with Crippen LogP contribution in [-0.4, -0.2) is 37.7 Å². The lowest BCUT2D eigenvalue weighted by molar-refractivity contribution is 0.0823. The maximum Gasteiger partial charge on any atom is 0.231 e. The van der Waals surface area contributed by atoms with Crippen LogP contribution in [0.4, 0.5) is 4.39 Å². The first-order chi connectivity index (χ1) is 13.2. The van der Waals surface area contributed by atoms with Gasteiger partial charge in [0.2, 0.25) is 5.78 Å². The van der Waals surface area contributed by atoms with Gasteiger partial charge in [0.1, 0.15) is 24.0 Å². The molecule has 5 nitrogen and oxygen atoms in total. The Morgan fingerprint density at radius 1 is 1.30 bits per heavy atom. The van der Waals surface area contributed by atoms with Crippen LogP contribution in [0.1, 0.15) is 27.9 Å². The van der Waals surface area contributed by atoms with Crippen molar-refractivity contribution in [2.75, 3.05) is 27.0 Å². The van der Waals surface area contributed by atoms with Gasteiger partial charge in [0.25, 0.3) is 0 Å². The van der Waals surface area contributed by atoms with E-state index in [1.807, 2.05) is 6.07 Å². The molecule has 0 bridgehead atoms. The first-order valence-electron chi connectivity index (χ1n) is 8.85. The van der Waals surface area contributed by atoms with Gasteiger partial charge in [0.15, 0.2) is 5.76 Å². The number of benzene rings is 2. The molecule has 6 heteroatoms. The lowest BCUT2D eigenvalue weighted by atomic mass is 10.0. The highest BCUT2D eigenvalue weighted by atomic mass is 19.1. The lowest BCUT2D eigenvalue weighted by Crippen LogP contribution is -2.33. The number of ether oxygens (including phenoxy) is 3. The Labute approximate surface area is 156 Å². The van der Waals surface area contributed by atoms with Gasteiger partial charge in [0.05, 0.1) is 11.1 Å². The summed E-state index contributed by atoms with van der Waals surface area (Å²) < 4.78 is 30.2. The van der Waals surface area contributed by atoms with Crippen molar-refractivity contribution in [2.45, 2.75) is 13.0 Å². The maximum atomic E-state index is 13.4. The highest BCUT2D eigenvalue weighted by molar-refractivity contribution is 6.15. The minimum absolute atomic E-state index is 0.195. The molecule has 0 atom stereocenters. The van der Waals surface area contributed by atoms with Crippen LogP contribution in [0.2, 0.25) is 0 Å². The first kappa shape index (κ1) is 17.7. The molecule has 27 heavy (non-hydrogen) atoms. The van der Waals surface area contributed by atoms with Crippen LogP contribution in [0.25, 0.3) is 6.08 Å². The van der Waals surface area contributed by atoms with Crippen LogP contribution in [0, 0.1) is 5.82 Å². The Morgan fingerprint density at radius 3 is 3.00 bits per heavy atom. The fourth-order valence-corrected chi connectivity index (χ4v) is 3.33. The van der Waals surface area contributed by atoms with Gasteiger partial charge in [0, 0.05) is 26.8 Å². The molecule has 2 heterocycles. The van der Waals surface area contributed by atoms with E-state index in [0.29, 0.717) is 36.8 Å². The molecule has 2 aliphatic rings. The molecule has 0 N–H and O–H groups in total. The molecule has 2 aromatic carbocycles. The topological polar surface area (TPSA) is 48.0 Å². The Hall–Kier alpha value is -2.70. The Kier molecular flexibility index (Phi) is 4.92. The van der Waals surface area contributed by atoms with Gasteiger partial charge >= 0.3 is 0 Å². The molecular formula is C21H20FNO4. The molecule has 140 valence electrons. The fourth-order valence-electron chi connectivity index (χ4n) is 3.33. The van der Waals surface area contributed by atoms with E-state index in [4.69, 9.17) is 14.2 Å². The Bertz CT molecular complexity index is 909. The summed E-state index contributed by atoms with van der Waals surface area (Å²) in [4.78, 5) is 14.8. The lowest BCUT2D eigenvalue weighted by Gasteiger charge is -2.29. The molecule has 0 saturated carbocycles. The molecule has 0 aromatic heterocycles. The van der Waals surface area contributed by atoms with Crippen molar-refractivity contribution < 1.29 is 23.4 Å². The van der Waals surface area contributed by atoms with Crippen molar-refractivity contribution in [3.63, 3.8) is 0 Å². The molecule has 0 radical (unpaired) electrons. The number of hydrogen-bond donors (Lipinski definition) is 0. The molecule has 0 unspecified atom stereocenters. The molecule has 2 aromatic rings. The van der Waals surface area contributed by atoms with E-state index >= 15 is 0 Å². The van der Waals surface area contributed by atoms with E-state index in [1.54, 1.807) is 31.4 Å². The van der Waals surface area contributed by atoms with Gasteiger partial charge in [-0.3, -0.25) is 9.69 Å². The zero-order valence-corrected chi connectivity index (χ0v) is 15.0. The molecule has 0 aliphatic carbocycles. The van der Waals surface area contributed by atoms with Crippen molar-refractivity contribution in [3.05, 3.63) is 64.7 Å². The van der Waals surface area contributed by atoms with Gasteiger partial charge < -0.3 is 14.2 Å². The first-order valence-corrected chi connectivity index (χ1v) is 8.85. The zero-order valence-electron chi connectivity index (χ0n) is 15.0. The predicted octanol–water partition coefficient (Wildman–Crippen LogP) is 3.63. The number of Topliss-reactive ketones (excluding diaryl/α,β-unsaturated/α-hetero) is 1. The highest BCUT2D eigenvalue weighted by Gasteiger charge is 2.33. The van der Waals surface area contributed by atoms with Gasteiger partial charge in [-0.05, 0) is 42.3 Å². The van der Waals surface area contributed by atoms with Gasteiger partial charge in [-0.25, -0.2) is 4.39 Å². The third kappa shape index (κ3) is 3.59. The average Bonchev–Trinajstić information content (AvgIpc) is 2.98. The summed E-state index contributed by atoms with van der Waals surface area (Å²) in [6, 6.07) is 9.59. The summed E-state index contributed by atoms with van der Waals surface area (Å²) >= 11 is 0. The number of nitrogens with zero attached hydrogens (tertiary/aromatic N) is 1. The second-order valence-electron chi connectivity index (χ2n) is 6.59. The fraction of sp³-hybridized carbons (Fsp3) is 0.286. The second-order valence-corrected chi connectivity index (χ2v) is 6.59. The number of rotatable bonds is 5. The average molecular weight is 369 g/mol. The molecule has 0 fully saturated rings. The van der Waals surface area contributed by atoms with E-state index < -0.39 is 0 Å². The third-order valence-electron chi connectivity index (χ3n) is 4.65. The molecule has 0 saturated heterocycles. The summed E-state index contributed by atoms with van der Waals surface area (Å²) in [6.45, 7) is 2.65. The number of allylic oxidation sites excluding steroid dienone is 1. The van der Waals surface area contributed by atoms with E-state index in [2.05, 4.69) is 4.90 Å². The number of ketones is 1. The molecule has 4 rings (SSSR count). The maximum absolute atomic E-state index is 13.4. The largest absolute Gasteiger partial charge is 0.478 e. The van der Waals surface area contributed by atoms with Gasteiger partial charge in [-0.2, -0.15) is 0 Å². The van der Waals surface area contributed by atoms with Crippen molar-refractivity contribution in [1.82, 2.24) is 4.90 Å². The number of halogens is 1. The van der Waals surface area contributed by atoms with E-state index in [0.717, 1.165) is 24.3 Å². The summed E-state index contributed by atoms with van der Waals surface area (Å²) in [6.07, 6.45) is 2.46. The number of fused-ring (bicyclic) bond motifs is 3. The Balaban J connectivity index is 1.60. The van der Waals surface area contributed by atoms with Crippen molar-refractivity contribution in [1.29, 1.82) is 0 Å². The summed E-state index contributed by atoms with van der Waals surface area (Å²) in [5.41, 5.74) is 1.96. The monoisotopic (exact) mass is 369 g/mol. The zero-order chi connectivity index (χ0) is 18.8. The minimum Gasteiger partial charge on any atom is -0.478 e. The normalized spacial score (nSPS) is 17.4. The van der Waals surface area contributed by atoms with Crippen LogP contribution in [0.5, 0.6) is 11.5 Å². The van der Waals surface area contributed by atoms with Crippen LogP contribution in [-0.2, 0) is 11.3 Å². The highest BCUT2D eigenvalue weighted by Crippen LogP contribution is 2.42. The standard InChI is InChI=1S/C21H20FNO4/c1-25-9-3-8-23-12-17-18(26-13-23)7-6-16-20(24)19(27-21(16)17)11-14-4-2-5-15(22)10-14/h2,4-7,10-11H,3,8-9,12-13H2,1H3/b19-11-. The van der Waals surface area contributed by atoms with Crippen LogP contribution in [0.15, 0.2) is 42.2 Å². The number of methoxy groups -OCH3 is 1. The molecule has 2 aliphatic heterocycles. The number of hydrogen-bond acceptors (Lipinski definition) is 5. The van der Waals surface area contributed by atoms with E-state index in [9.17, 15) is 9.18 Å². The van der Waals surface area contributed by atoms with Crippen LogP contribution in [0.3, 0.4) is 0 Å². The predicted molar refractivity (Wildman–Crippen MR) is 98.2 cm³/mol. The summed E-state index contributed by atoms with van der Waals surface area (Å²) in [5, 5.41) is 0. The number of carbonyl (C=O) groups is 1. The van der Waals surface area contributed by atoms with Crippen LogP contribution >= 0.6 is 0 Å². The molecule has 0 spiro atoms. The smallest absolute Gasteiger partial charge is 0.231 e. The third-order valence-corrected chi connectivity index (χ3v) is 4.65. The molecular weight excluding hydrogens is 349 g/mol. The SMILES string of the molecule is COCCCN1COc2ccc3c(c2C1)O/C(=C\c1cccc(F)c1)C3=O. The van der Waals surface area contributed by atoms with E-state index in [-0.39, 0.29) is 17.4 Å². The van der Waals surface area contributed by atoms with Crippen molar-refractivity contribution in [3.8, 4) is 11.5 Å². The summed E-state index contributed by atoms with van der Waals surface area (Å²) in [5.74, 6) is 0.909. The summed E-state index contributed by atoms with van der Waals surface area (Å²) in [7, 11) is 1.68. The number of carbonyl (C=O) groups excluding carboxylic acids is 1. The molecule has 0 amide bonds. The van der Waals surface area contributed by atoms with E-state index in [1.165, 1.54) is 12.1 Å². The van der Waals surface area contributed by atoms with Crippen molar-refractivity contribution in [2.24, 2.45) is 0 Å². The second kappa shape index (κ2) is 7.50. The minimum atomic E-state index is -0.357. The quantitative estimate of drug-likeness (QED) is 0.595. The van der Waals surface area contributed by atoms with Crippen LogP contribution < -0.4 is 9.47 Å². The Morgan fingerprint density at radius 2 is 2.19 bits per heavy atom. The van der Waals surface area contributed by atoms with Gasteiger partial charge in [-0.15, -0.1) is 0 Å². The van der Waals surface area contributed by atoms with Crippen molar-refractivity contribution >= 4 is 11.9 Å².